The highest BCUT2D eigenvalue weighted by Gasteiger charge is 2.10. The third-order valence-corrected chi connectivity index (χ3v) is 2.81. The number of benzene rings is 1. The van der Waals surface area contributed by atoms with Crippen molar-refractivity contribution in [2.45, 2.75) is 13.5 Å². The molecule has 0 unspecified atom stereocenters. The molecule has 0 radical (unpaired) electrons. The molecule has 2 rings (SSSR count). The van der Waals surface area contributed by atoms with E-state index in [0.717, 1.165) is 5.56 Å². The van der Waals surface area contributed by atoms with Crippen LogP contribution in [0.15, 0.2) is 36.5 Å². The SMILES string of the molecule is COc1ncccc1COc1ccc(N)cc1C(C)=O. The van der Waals surface area contributed by atoms with Crippen LogP contribution < -0.4 is 15.2 Å². The van der Waals surface area contributed by atoms with Gasteiger partial charge in [0.05, 0.1) is 18.2 Å². The monoisotopic (exact) mass is 272 g/mol. The summed E-state index contributed by atoms with van der Waals surface area (Å²) in [6.07, 6.45) is 1.65. The Morgan fingerprint density at radius 2 is 2.15 bits per heavy atom. The van der Waals surface area contributed by atoms with E-state index in [0.29, 0.717) is 22.9 Å². The van der Waals surface area contributed by atoms with Crippen molar-refractivity contribution in [1.82, 2.24) is 4.98 Å². The van der Waals surface area contributed by atoms with Crippen LogP contribution in [0.3, 0.4) is 0 Å². The largest absolute Gasteiger partial charge is 0.488 e. The lowest BCUT2D eigenvalue weighted by atomic mass is 10.1. The van der Waals surface area contributed by atoms with E-state index in [-0.39, 0.29) is 12.4 Å². The number of ether oxygens (including phenoxy) is 2. The zero-order valence-electron chi connectivity index (χ0n) is 11.4. The van der Waals surface area contributed by atoms with Crippen molar-refractivity contribution in [3.63, 3.8) is 0 Å². The highest BCUT2D eigenvalue weighted by Crippen LogP contribution is 2.24. The molecule has 1 aromatic heterocycles. The van der Waals surface area contributed by atoms with Crippen LogP contribution in [-0.4, -0.2) is 17.9 Å². The molecule has 0 aliphatic rings. The number of anilines is 1. The van der Waals surface area contributed by atoms with Crippen LogP contribution in [0.25, 0.3) is 0 Å². The maximum absolute atomic E-state index is 11.6. The van der Waals surface area contributed by atoms with Gasteiger partial charge in [0.2, 0.25) is 5.88 Å². The molecule has 5 heteroatoms. The number of Topliss-reactive ketones (excluding diaryl/α,β-unsaturated/α-hetero) is 1. The van der Waals surface area contributed by atoms with Gasteiger partial charge < -0.3 is 15.2 Å². The van der Waals surface area contributed by atoms with Crippen LogP contribution in [0.4, 0.5) is 5.69 Å². The van der Waals surface area contributed by atoms with Crippen molar-refractivity contribution in [2.75, 3.05) is 12.8 Å². The van der Waals surface area contributed by atoms with E-state index in [4.69, 9.17) is 15.2 Å². The lowest BCUT2D eigenvalue weighted by molar-refractivity contribution is 0.101. The van der Waals surface area contributed by atoms with Crippen molar-refractivity contribution in [3.05, 3.63) is 47.7 Å². The predicted molar refractivity (Wildman–Crippen MR) is 76.0 cm³/mol. The van der Waals surface area contributed by atoms with Crippen LogP contribution in [-0.2, 0) is 6.61 Å². The fourth-order valence-electron chi connectivity index (χ4n) is 1.82. The number of nitrogens with two attached hydrogens (primary N) is 1. The van der Waals surface area contributed by atoms with Crippen molar-refractivity contribution < 1.29 is 14.3 Å². The molecule has 2 aromatic rings. The molecule has 0 aliphatic carbocycles. The number of ketones is 1. The second kappa shape index (κ2) is 6.06. The van der Waals surface area contributed by atoms with Gasteiger partial charge in [-0.2, -0.15) is 0 Å². The van der Waals surface area contributed by atoms with Gasteiger partial charge in [0.25, 0.3) is 0 Å². The highest BCUT2D eigenvalue weighted by atomic mass is 16.5. The second-order valence-corrected chi connectivity index (χ2v) is 4.27. The zero-order valence-corrected chi connectivity index (χ0v) is 11.4. The maximum Gasteiger partial charge on any atom is 0.219 e. The van der Waals surface area contributed by atoms with Crippen LogP contribution in [0.2, 0.25) is 0 Å². The minimum Gasteiger partial charge on any atom is -0.488 e. The van der Waals surface area contributed by atoms with E-state index in [1.54, 1.807) is 37.6 Å². The first-order valence-corrected chi connectivity index (χ1v) is 6.13. The molecule has 0 atom stereocenters. The van der Waals surface area contributed by atoms with E-state index >= 15 is 0 Å². The van der Waals surface area contributed by atoms with E-state index in [9.17, 15) is 4.79 Å². The van der Waals surface area contributed by atoms with Crippen molar-refractivity contribution >= 4 is 11.5 Å². The number of aromatic nitrogens is 1. The van der Waals surface area contributed by atoms with Gasteiger partial charge in [-0.15, -0.1) is 0 Å². The predicted octanol–water partition coefficient (Wildman–Crippen LogP) is 2.45. The van der Waals surface area contributed by atoms with Crippen LogP contribution in [0, 0.1) is 0 Å². The minimum absolute atomic E-state index is 0.0922. The van der Waals surface area contributed by atoms with Gasteiger partial charge in [-0.05, 0) is 37.3 Å². The first kappa shape index (κ1) is 13.9. The molecular formula is C15H16N2O3. The average molecular weight is 272 g/mol. The molecule has 20 heavy (non-hydrogen) atoms. The Balaban J connectivity index is 2.21. The number of nitrogen functional groups attached to an aromatic ring is 1. The Labute approximate surface area is 117 Å². The molecule has 0 aliphatic heterocycles. The number of methoxy groups -OCH3 is 1. The first-order chi connectivity index (χ1) is 9.61. The third-order valence-electron chi connectivity index (χ3n) is 2.81. The van der Waals surface area contributed by atoms with Gasteiger partial charge in [0.1, 0.15) is 12.4 Å². The molecule has 0 saturated heterocycles. The summed E-state index contributed by atoms with van der Waals surface area (Å²) in [6.45, 7) is 1.74. The second-order valence-electron chi connectivity index (χ2n) is 4.27. The Hall–Kier alpha value is -2.56. The molecular weight excluding hydrogens is 256 g/mol. The number of pyridine rings is 1. The Morgan fingerprint density at radius 1 is 1.35 bits per heavy atom. The number of rotatable bonds is 5. The third kappa shape index (κ3) is 3.06. The highest BCUT2D eigenvalue weighted by molar-refractivity contribution is 5.97. The zero-order chi connectivity index (χ0) is 14.5. The van der Waals surface area contributed by atoms with Crippen molar-refractivity contribution in [3.8, 4) is 11.6 Å². The van der Waals surface area contributed by atoms with Gasteiger partial charge >= 0.3 is 0 Å². The number of carbonyl (C=O) groups is 1. The van der Waals surface area contributed by atoms with Gasteiger partial charge in [-0.3, -0.25) is 4.79 Å². The van der Waals surface area contributed by atoms with Crippen LogP contribution >= 0.6 is 0 Å². The summed E-state index contributed by atoms with van der Waals surface area (Å²) in [5, 5.41) is 0. The smallest absolute Gasteiger partial charge is 0.219 e. The van der Waals surface area contributed by atoms with Gasteiger partial charge in [-0.25, -0.2) is 4.98 Å². The van der Waals surface area contributed by atoms with E-state index in [1.165, 1.54) is 6.92 Å². The minimum atomic E-state index is -0.0922. The summed E-state index contributed by atoms with van der Waals surface area (Å²) in [5.74, 6) is 0.912. The summed E-state index contributed by atoms with van der Waals surface area (Å²) < 4.78 is 10.8. The Kier molecular flexibility index (Phi) is 4.20. The molecule has 0 bridgehead atoms. The molecule has 2 N–H and O–H groups in total. The lowest BCUT2D eigenvalue weighted by Crippen LogP contribution is -2.04. The Morgan fingerprint density at radius 3 is 2.85 bits per heavy atom. The topological polar surface area (TPSA) is 74.4 Å². The summed E-state index contributed by atoms with van der Waals surface area (Å²) in [7, 11) is 1.55. The van der Waals surface area contributed by atoms with Crippen molar-refractivity contribution in [1.29, 1.82) is 0 Å². The molecule has 0 amide bonds. The van der Waals surface area contributed by atoms with Crippen LogP contribution in [0.5, 0.6) is 11.6 Å². The average Bonchev–Trinajstić information content (AvgIpc) is 2.46. The lowest BCUT2D eigenvalue weighted by Gasteiger charge is -2.12. The molecule has 0 saturated carbocycles. The summed E-state index contributed by atoms with van der Waals surface area (Å²) in [5.41, 5.74) is 7.48. The van der Waals surface area contributed by atoms with Gasteiger partial charge in [0.15, 0.2) is 5.78 Å². The van der Waals surface area contributed by atoms with E-state index in [1.807, 2.05) is 6.07 Å². The molecule has 1 aromatic carbocycles. The fourth-order valence-corrected chi connectivity index (χ4v) is 1.82. The van der Waals surface area contributed by atoms with E-state index < -0.39 is 0 Å². The molecule has 1 heterocycles. The van der Waals surface area contributed by atoms with Gasteiger partial charge in [-0.1, -0.05) is 0 Å². The fraction of sp³-hybridized carbons (Fsp3) is 0.200. The van der Waals surface area contributed by atoms with Crippen molar-refractivity contribution in [2.24, 2.45) is 0 Å². The Bertz CT molecular complexity index is 626. The maximum atomic E-state index is 11.6. The summed E-state index contributed by atoms with van der Waals surface area (Å²) in [4.78, 5) is 15.7. The number of hydrogen-bond acceptors (Lipinski definition) is 5. The summed E-state index contributed by atoms with van der Waals surface area (Å²) in [6, 6.07) is 8.65. The molecule has 0 spiro atoms. The van der Waals surface area contributed by atoms with Gasteiger partial charge in [0, 0.05) is 11.9 Å². The molecule has 104 valence electrons. The standard InChI is InChI=1S/C15H16N2O3/c1-10(18)13-8-12(16)5-6-14(13)20-9-11-4-3-7-17-15(11)19-2/h3-8H,9,16H2,1-2H3. The number of nitrogens with zero attached hydrogens (tertiary/aromatic N) is 1. The van der Waals surface area contributed by atoms with Crippen LogP contribution in [0.1, 0.15) is 22.8 Å². The number of carbonyl (C=O) groups excluding carboxylic acids is 1. The van der Waals surface area contributed by atoms with E-state index in [2.05, 4.69) is 4.98 Å². The summed E-state index contributed by atoms with van der Waals surface area (Å²) >= 11 is 0. The quantitative estimate of drug-likeness (QED) is 0.668. The first-order valence-electron chi connectivity index (χ1n) is 6.13. The molecule has 5 nitrogen and oxygen atoms in total. The number of hydrogen-bond donors (Lipinski definition) is 1. The normalized spacial score (nSPS) is 10.1. The molecule has 0 fully saturated rings.